The average Bonchev–Trinajstić information content (AvgIpc) is 2.53. The summed E-state index contributed by atoms with van der Waals surface area (Å²) in [6.07, 6.45) is 0.627. The first-order valence-corrected chi connectivity index (χ1v) is 4.94. The van der Waals surface area contributed by atoms with Crippen molar-refractivity contribution in [1.29, 1.82) is 0 Å². The number of morpholine rings is 1. The Morgan fingerprint density at radius 3 is 2.62 bits per heavy atom. The number of aliphatic imine (C=N–C) groups is 1. The van der Waals surface area contributed by atoms with E-state index in [1.54, 1.807) is 0 Å². The van der Waals surface area contributed by atoms with Crippen molar-refractivity contribution in [2.24, 2.45) is 4.99 Å². The van der Waals surface area contributed by atoms with Crippen LogP contribution in [0.2, 0.25) is 0 Å². The number of rotatable bonds is 0. The van der Waals surface area contributed by atoms with E-state index < -0.39 is 0 Å². The number of hydrogen-bond acceptors (Lipinski definition) is 4. The number of hydrogen-bond donors (Lipinski definition) is 1. The normalized spacial score (nSPS) is 34.3. The second-order valence-electron chi connectivity index (χ2n) is 3.79. The fraction of sp³-hybridized carbons (Fsp3) is 0.889. The van der Waals surface area contributed by atoms with E-state index in [2.05, 4.69) is 29.1 Å². The van der Waals surface area contributed by atoms with Crippen molar-refractivity contribution in [2.75, 3.05) is 26.2 Å². The van der Waals surface area contributed by atoms with Gasteiger partial charge >= 0.3 is 0 Å². The molecule has 4 nitrogen and oxygen atoms in total. The predicted octanol–water partition coefficient (Wildman–Crippen LogP) is 0.0548. The first kappa shape index (κ1) is 8.81. The van der Waals surface area contributed by atoms with Crippen LogP contribution >= 0.6 is 0 Å². The van der Waals surface area contributed by atoms with Gasteiger partial charge in [-0.05, 0) is 13.8 Å². The zero-order valence-corrected chi connectivity index (χ0v) is 8.29. The Morgan fingerprint density at radius 1 is 1.38 bits per heavy atom. The Balaban J connectivity index is 1.98. The van der Waals surface area contributed by atoms with Crippen LogP contribution < -0.4 is 5.32 Å². The molecule has 0 bridgehead atoms. The van der Waals surface area contributed by atoms with E-state index in [0.717, 1.165) is 32.1 Å². The summed E-state index contributed by atoms with van der Waals surface area (Å²) in [4.78, 5) is 6.69. The third-order valence-corrected chi connectivity index (χ3v) is 2.38. The summed E-state index contributed by atoms with van der Waals surface area (Å²) in [6.45, 7) is 8.02. The Labute approximate surface area is 79.0 Å². The number of nitrogens with zero attached hydrogens (tertiary/aromatic N) is 2. The van der Waals surface area contributed by atoms with Crippen LogP contribution in [0.3, 0.4) is 0 Å². The van der Waals surface area contributed by atoms with E-state index in [4.69, 9.17) is 4.74 Å². The number of guanidine groups is 1. The zero-order chi connectivity index (χ0) is 9.26. The highest BCUT2D eigenvalue weighted by Gasteiger charge is 2.25. The Kier molecular flexibility index (Phi) is 2.40. The minimum atomic E-state index is 0.314. The quantitative estimate of drug-likeness (QED) is 0.577. The van der Waals surface area contributed by atoms with Gasteiger partial charge in [0.25, 0.3) is 0 Å². The molecule has 0 aromatic carbocycles. The van der Waals surface area contributed by atoms with E-state index in [9.17, 15) is 0 Å². The maximum Gasteiger partial charge on any atom is 0.194 e. The van der Waals surface area contributed by atoms with Gasteiger partial charge in [-0.2, -0.15) is 0 Å². The van der Waals surface area contributed by atoms with E-state index in [-0.39, 0.29) is 0 Å². The summed E-state index contributed by atoms with van der Waals surface area (Å²) in [6, 6.07) is 0. The SMILES string of the molecule is C[C@H]1CN(C2=NCCN2)C[C@H](C)O1. The molecule has 2 aliphatic heterocycles. The van der Waals surface area contributed by atoms with Gasteiger partial charge in [0.1, 0.15) is 0 Å². The van der Waals surface area contributed by atoms with Crippen LogP contribution in [0.5, 0.6) is 0 Å². The molecule has 0 unspecified atom stereocenters. The minimum absolute atomic E-state index is 0.314. The molecular weight excluding hydrogens is 166 g/mol. The first-order chi connectivity index (χ1) is 6.25. The van der Waals surface area contributed by atoms with Gasteiger partial charge in [0.15, 0.2) is 5.96 Å². The van der Waals surface area contributed by atoms with Crippen molar-refractivity contribution in [3.05, 3.63) is 0 Å². The monoisotopic (exact) mass is 183 g/mol. The Morgan fingerprint density at radius 2 is 2.08 bits per heavy atom. The molecule has 2 aliphatic rings. The van der Waals surface area contributed by atoms with E-state index in [1.807, 2.05) is 0 Å². The maximum atomic E-state index is 5.65. The van der Waals surface area contributed by atoms with Crippen molar-refractivity contribution in [3.8, 4) is 0 Å². The molecule has 2 rings (SSSR count). The lowest BCUT2D eigenvalue weighted by molar-refractivity contribution is -0.0487. The van der Waals surface area contributed by atoms with Gasteiger partial charge in [0.2, 0.25) is 0 Å². The largest absolute Gasteiger partial charge is 0.372 e. The highest BCUT2D eigenvalue weighted by atomic mass is 16.5. The van der Waals surface area contributed by atoms with Gasteiger partial charge in [-0.25, -0.2) is 0 Å². The van der Waals surface area contributed by atoms with E-state index >= 15 is 0 Å². The van der Waals surface area contributed by atoms with Gasteiger partial charge in [-0.15, -0.1) is 0 Å². The molecular formula is C9H17N3O. The molecule has 1 saturated heterocycles. The summed E-state index contributed by atoms with van der Waals surface area (Å²) in [5.74, 6) is 1.06. The van der Waals surface area contributed by atoms with Crippen LogP contribution in [0.4, 0.5) is 0 Å². The van der Waals surface area contributed by atoms with Gasteiger partial charge < -0.3 is 15.0 Å². The highest BCUT2D eigenvalue weighted by Crippen LogP contribution is 2.11. The van der Waals surface area contributed by atoms with Crippen LogP contribution in [0, 0.1) is 0 Å². The molecule has 0 spiro atoms. The van der Waals surface area contributed by atoms with E-state index in [0.29, 0.717) is 12.2 Å². The lowest BCUT2D eigenvalue weighted by atomic mass is 10.2. The van der Waals surface area contributed by atoms with Crippen molar-refractivity contribution in [2.45, 2.75) is 26.1 Å². The molecule has 2 heterocycles. The standard InChI is InChI=1S/C9H17N3O/c1-7-5-12(6-8(2)13-7)9-10-3-4-11-9/h7-8H,3-6H2,1-2H3,(H,10,11)/t7-,8-/m0/s1. The molecule has 2 atom stereocenters. The van der Waals surface area contributed by atoms with Crippen molar-refractivity contribution >= 4 is 5.96 Å². The minimum Gasteiger partial charge on any atom is -0.372 e. The second-order valence-corrected chi connectivity index (χ2v) is 3.79. The van der Waals surface area contributed by atoms with Crippen LogP contribution in [0.1, 0.15) is 13.8 Å². The topological polar surface area (TPSA) is 36.9 Å². The van der Waals surface area contributed by atoms with Crippen LogP contribution in [0.25, 0.3) is 0 Å². The average molecular weight is 183 g/mol. The second kappa shape index (κ2) is 3.54. The van der Waals surface area contributed by atoms with Crippen molar-refractivity contribution in [1.82, 2.24) is 10.2 Å². The lowest BCUT2D eigenvalue weighted by Gasteiger charge is -2.36. The van der Waals surface area contributed by atoms with E-state index in [1.165, 1.54) is 0 Å². The van der Waals surface area contributed by atoms with Gasteiger partial charge in [-0.3, -0.25) is 4.99 Å². The lowest BCUT2D eigenvalue weighted by Crippen LogP contribution is -2.51. The van der Waals surface area contributed by atoms with Gasteiger partial charge in [0.05, 0.1) is 18.8 Å². The number of ether oxygens (including phenoxy) is 1. The zero-order valence-electron chi connectivity index (χ0n) is 8.29. The summed E-state index contributed by atoms with van der Waals surface area (Å²) < 4.78 is 5.65. The molecule has 0 aliphatic carbocycles. The fourth-order valence-corrected chi connectivity index (χ4v) is 1.95. The predicted molar refractivity (Wildman–Crippen MR) is 51.9 cm³/mol. The maximum absolute atomic E-state index is 5.65. The van der Waals surface area contributed by atoms with Gasteiger partial charge in [-0.1, -0.05) is 0 Å². The number of nitrogens with one attached hydrogen (secondary N) is 1. The van der Waals surface area contributed by atoms with Crippen LogP contribution in [0.15, 0.2) is 4.99 Å². The smallest absolute Gasteiger partial charge is 0.194 e. The summed E-state index contributed by atoms with van der Waals surface area (Å²) in [5.41, 5.74) is 0. The summed E-state index contributed by atoms with van der Waals surface area (Å²) >= 11 is 0. The Hall–Kier alpha value is -0.770. The van der Waals surface area contributed by atoms with Crippen molar-refractivity contribution < 1.29 is 4.74 Å². The molecule has 0 amide bonds. The molecule has 0 aromatic rings. The molecule has 74 valence electrons. The molecule has 13 heavy (non-hydrogen) atoms. The molecule has 1 fully saturated rings. The molecule has 0 aromatic heterocycles. The Bertz CT molecular complexity index is 207. The molecule has 4 heteroatoms. The summed E-state index contributed by atoms with van der Waals surface area (Å²) in [5, 5.41) is 3.29. The van der Waals surface area contributed by atoms with Crippen LogP contribution in [-0.4, -0.2) is 49.2 Å². The third-order valence-electron chi connectivity index (χ3n) is 2.38. The summed E-state index contributed by atoms with van der Waals surface area (Å²) in [7, 11) is 0. The molecule has 0 radical (unpaired) electrons. The highest BCUT2D eigenvalue weighted by molar-refractivity contribution is 5.81. The molecule has 1 N–H and O–H groups in total. The molecule has 0 saturated carbocycles. The van der Waals surface area contributed by atoms with Crippen LogP contribution in [-0.2, 0) is 4.74 Å². The van der Waals surface area contributed by atoms with Gasteiger partial charge in [0, 0.05) is 19.6 Å². The van der Waals surface area contributed by atoms with Crippen molar-refractivity contribution in [3.63, 3.8) is 0 Å². The first-order valence-electron chi connectivity index (χ1n) is 4.94. The fourth-order valence-electron chi connectivity index (χ4n) is 1.95. The third kappa shape index (κ3) is 1.94.